The molecule has 0 aliphatic heterocycles. The van der Waals surface area contributed by atoms with Crippen LogP contribution < -0.4 is 10.1 Å². The minimum Gasteiger partial charge on any atom is -0.497 e. The summed E-state index contributed by atoms with van der Waals surface area (Å²) in [5, 5.41) is 10.3. The summed E-state index contributed by atoms with van der Waals surface area (Å²) in [4.78, 5) is 12.3. The molecule has 1 aromatic heterocycles. The number of anilines is 1. The van der Waals surface area contributed by atoms with Gasteiger partial charge in [-0.3, -0.25) is 4.79 Å². The summed E-state index contributed by atoms with van der Waals surface area (Å²) in [5.41, 5.74) is 1.15. The quantitative estimate of drug-likeness (QED) is 0.599. The molecule has 140 valence electrons. The fourth-order valence-corrected chi connectivity index (χ4v) is 2.99. The lowest BCUT2D eigenvalue weighted by atomic mass is 10.2. The highest BCUT2D eigenvalue weighted by atomic mass is 35.5. The van der Waals surface area contributed by atoms with Crippen molar-refractivity contribution < 1.29 is 18.3 Å². The molecule has 0 saturated heterocycles. The number of carbonyl (C=O) groups excluding carboxylic acids is 1. The van der Waals surface area contributed by atoms with Gasteiger partial charge in [0.1, 0.15) is 11.6 Å². The maximum absolute atomic E-state index is 13.2. The van der Waals surface area contributed by atoms with E-state index < -0.39 is 11.1 Å². The predicted octanol–water partition coefficient (Wildman–Crippen LogP) is 4.66. The van der Waals surface area contributed by atoms with Gasteiger partial charge in [0.05, 0.1) is 17.4 Å². The third kappa shape index (κ3) is 4.78. The van der Waals surface area contributed by atoms with E-state index in [1.54, 1.807) is 38.3 Å². The highest BCUT2D eigenvalue weighted by molar-refractivity contribution is 8.00. The van der Waals surface area contributed by atoms with Gasteiger partial charge in [-0.1, -0.05) is 23.4 Å². The molecule has 0 saturated carbocycles. The number of nitrogens with one attached hydrogen (secondary N) is 1. The van der Waals surface area contributed by atoms with Gasteiger partial charge in [-0.2, -0.15) is 0 Å². The van der Waals surface area contributed by atoms with Crippen LogP contribution in [0.2, 0.25) is 5.02 Å². The van der Waals surface area contributed by atoms with Gasteiger partial charge in [-0.05, 0) is 49.4 Å². The zero-order valence-corrected chi connectivity index (χ0v) is 16.0. The number of halogens is 2. The van der Waals surface area contributed by atoms with Crippen molar-refractivity contribution in [3.05, 3.63) is 53.3 Å². The molecule has 1 amide bonds. The molecule has 0 bridgehead atoms. The number of hydrogen-bond acceptors (Lipinski definition) is 6. The molecule has 3 aromatic rings. The zero-order chi connectivity index (χ0) is 19.4. The summed E-state index contributed by atoms with van der Waals surface area (Å²) in [6.07, 6.45) is 0. The van der Waals surface area contributed by atoms with E-state index in [1.807, 2.05) is 0 Å². The molecule has 1 N–H and O–H groups in total. The number of hydrogen-bond donors (Lipinski definition) is 1. The van der Waals surface area contributed by atoms with Crippen molar-refractivity contribution in [3.63, 3.8) is 0 Å². The number of carbonyl (C=O) groups is 1. The topological polar surface area (TPSA) is 77.2 Å². The molecule has 1 heterocycles. The van der Waals surface area contributed by atoms with Crippen LogP contribution in [-0.4, -0.2) is 28.5 Å². The highest BCUT2D eigenvalue weighted by Gasteiger charge is 2.19. The van der Waals surface area contributed by atoms with Crippen molar-refractivity contribution in [2.24, 2.45) is 0 Å². The largest absolute Gasteiger partial charge is 0.497 e. The number of methoxy groups -OCH3 is 1. The number of aromatic nitrogens is 2. The zero-order valence-electron chi connectivity index (χ0n) is 14.4. The maximum atomic E-state index is 13.2. The summed E-state index contributed by atoms with van der Waals surface area (Å²) in [7, 11) is 1.59. The van der Waals surface area contributed by atoms with Crippen LogP contribution in [-0.2, 0) is 4.79 Å². The Labute approximate surface area is 164 Å². The SMILES string of the molecule is COc1ccc(-c2nnc(S[C@@H](C)C(=O)Nc3ccc(F)c(Cl)c3)o2)cc1. The average Bonchev–Trinajstić information content (AvgIpc) is 3.13. The Hall–Kier alpha value is -2.58. The minimum absolute atomic E-state index is 0.0610. The van der Waals surface area contributed by atoms with E-state index in [2.05, 4.69) is 15.5 Å². The summed E-state index contributed by atoms with van der Waals surface area (Å²) in [5.74, 6) is 0.220. The minimum atomic E-state index is -0.547. The summed E-state index contributed by atoms with van der Waals surface area (Å²) >= 11 is 6.83. The van der Waals surface area contributed by atoms with E-state index in [1.165, 1.54) is 18.2 Å². The Kier molecular flexibility index (Phi) is 5.98. The maximum Gasteiger partial charge on any atom is 0.277 e. The van der Waals surface area contributed by atoms with E-state index in [4.69, 9.17) is 20.8 Å². The Morgan fingerprint density at radius 2 is 2.00 bits per heavy atom. The second-order valence-corrected chi connectivity index (χ2v) is 7.18. The van der Waals surface area contributed by atoms with Gasteiger partial charge in [0.25, 0.3) is 5.22 Å². The van der Waals surface area contributed by atoms with Crippen LogP contribution in [0.1, 0.15) is 6.92 Å². The molecule has 0 aliphatic rings. The Morgan fingerprint density at radius 3 is 2.67 bits per heavy atom. The summed E-state index contributed by atoms with van der Waals surface area (Å²) < 4.78 is 23.9. The van der Waals surface area contributed by atoms with Crippen molar-refractivity contribution in [1.29, 1.82) is 0 Å². The van der Waals surface area contributed by atoms with Crippen LogP contribution in [0.25, 0.3) is 11.5 Å². The fraction of sp³-hybridized carbons (Fsp3) is 0.167. The van der Waals surface area contributed by atoms with Crippen molar-refractivity contribution in [2.45, 2.75) is 17.4 Å². The second kappa shape index (κ2) is 8.41. The van der Waals surface area contributed by atoms with Crippen LogP contribution >= 0.6 is 23.4 Å². The monoisotopic (exact) mass is 407 g/mol. The molecular formula is C18H15ClFN3O3S. The molecule has 0 aliphatic carbocycles. The Balaban J connectivity index is 1.63. The van der Waals surface area contributed by atoms with E-state index in [0.29, 0.717) is 11.6 Å². The molecular weight excluding hydrogens is 393 g/mol. The van der Waals surface area contributed by atoms with Crippen LogP contribution in [0.5, 0.6) is 5.75 Å². The molecule has 2 aromatic carbocycles. The summed E-state index contributed by atoms with van der Waals surface area (Å²) in [6, 6.07) is 11.2. The van der Waals surface area contributed by atoms with Gasteiger partial charge in [0.15, 0.2) is 0 Å². The first-order chi connectivity index (χ1) is 13.0. The molecule has 9 heteroatoms. The first-order valence-electron chi connectivity index (χ1n) is 7.87. The van der Waals surface area contributed by atoms with Crippen LogP contribution in [0.4, 0.5) is 10.1 Å². The molecule has 0 spiro atoms. The first-order valence-corrected chi connectivity index (χ1v) is 9.12. The molecule has 0 fully saturated rings. The van der Waals surface area contributed by atoms with E-state index >= 15 is 0 Å². The van der Waals surface area contributed by atoms with Crippen LogP contribution in [0.15, 0.2) is 52.1 Å². The van der Waals surface area contributed by atoms with E-state index in [0.717, 1.165) is 23.1 Å². The van der Waals surface area contributed by atoms with Crippen molar-refractivity contribution in [2.75, 3.05) is 12.4 Å². The highest BCUT2D eigenvalue weighted by Crippen LogP contribution is 2.28. The van der Waals surface area contributed by atoms with Crippen molar-refractivity contribution in [3.8, 4) is 17.2 Å². The number of rotatable bonds is 6. The second-order valence-electron chi connectivity index (χ2n) is 5.48. The number of benzene rings is 2. The van der Waals surface area contributed by atoms with Gasteiger partial charge in [0.2, 0.25) is 11.8 Å². The third-order valence-corrected chi connectivity index (χ3v) is 4.80. The fourth-order valence-electron chi connectivity index (χ4n) is 2.13. The lowest BCUT2D eigenvalue weighted by Crippen LogP contribution is -2.22. The summed E-state index contributed by atoms with van der Waals surface area (Å²) in [6.45, 7) is 1.70. The van der Waals surface area contributed by atoms with Crippen molar-refractivity contribution >= 4 is 35.0 Å². The number of ether oxygens (including phenoxy) is 1. The Bertz CT molecular complexity index is 949. The lowest BCUT2D eigenvalue weighted by molar-refractivity contribution is -0.115. The van der Waals surface area contributed by atoms with Crippen molar-refractivity contribution in [1.82, 2.24) is 10.2 Å². The average molecular weight is 408 g/mol. The third-order valence-electron chi connectivity index (χ3n) is 3.58. The van der Waals surface area contributed by atoms with E-state index in [-0.39, 0.29) is 16.2 Å². The van der Waals surface area contributed by atoms with Gasteiger partial charge >= 0.3 is 0 Å². The normalized spacial score (nSPS) is 11.9. The number of nitrogens with zero attached hydrogens (tertiary/aromatic N) is 2. The molecule has 6 nitrogen and oxygen atoms in total. The molecule has 1 atom stereocenters. The Morgan fingerprint density at radius 1 is 1.26 bits per heavy atom. The molecule has 3 rings (SSSR count). The predicted molar refractivity (Wildman–Crippen MR) is 102 cm³/mol. The molecule has 27 heavy (non-hydrogen) atoms. The van der Waals surface area contributed by atoms with Gasteiger partial charge in [-0.15, -0.1) is 10.2 Å². The smallest absolute Gasteiger partial charge is 0.277 e. The lowest BCUT2D eigenvalue weighted by Gasteiger charge is -2.10. The van der Waals surface area contributed by atoms with Gasteiger partial charge < -0.3 is 14.5 Å². The standard InChI is InChI=1S/C18H15ClFN3O3S/c1-10(16(24)21-12-5-8-15(20)14(19)9-12)27-18-23-22-17(26-18)11-3-6-13(25-2)7-4-11/h3-10H,1-2H3,(H,21,24)/t10-/m0/s1. The van der Waals surface area contributed by atoms with Gasteiger partial charge in [0, 0.05) is 11.3 Å². The number of amides is 1. The van der Waals surface area contributed by atoms with Crippen LogP contribution in [0, 0.1) is 5.82 Å². The molecule has 0 radical (unpaired) electrons. The van der Waals surface area contributed by atoms with Crippen LogP contribution in [0.3, 0.4) is 0 Å². The molecule has 0 unspecified atom stereocenters. The first kappa shape index (κ1) is 19.2. The number of thioether (sulfide) groups is 1. The van der Waals surface area contributed by atoms with Gasteiger partial charge in [-0.25, -0.2) is 4.39 Å². The van der Waals surface area contributed by atoms with E-state index in [9.17, 15) is 9.18 Å².